The van der Waals surface area contributed by atoms with Crippen molar-refractivity contribution < 1.29 is 14.3 Å². The van der Waals surface area contributed by atoms with Gasteiger partial charge in [0.2, 0.25) is 0 Å². The largest absolute Gasteiger partial charge is 0.459 e. The van der Waals surface area contributed by atoms with Crippen LogP contribution in [0.1, 0.15) is 44.0 Å². The second kappa shape index (κ2) is 6.39. The van der Waals surface area contributed by atoms with Gasteiger partial charge in [0.1, 0.15) is 11.6 Å². The molecule has 1 aromatic rings. The van der Waals surface area contributed by atoms with Crippen LogP contribution >= 0.6 is 0 Å². The first-order valence-electron chi connectivity index (χ1n) is 7.42. The molecule has 0 aromatic heterocycles. The molecule has 2 rings (SSSR count). The van der Waals surface area contributed by atoms with Crippen LogP contribution in [0.2, 0.25) is 0 Å². The first-order valence-corrected chi connectivity index (χ1v) is 7.42. The Bertz CT molecular complexity index is 505. The topological polar surface area (TPSA) is 46.6 Å². The molecule has 1 saturated heterocycles. The number of carbonyl (C=O) groups excluding carboxylic acids is 2. The van der Waals surface area contributed by atoms with Crippen molar-refractivity contribution in [2.75, 3.05) is 13.1 Å². The molecule has 1 aromatic carbocycles. The normalized spacial score (nSPS) is 19.5. The number of ketones is 1. The second-order valence-electron chi connectivity index (χ2n) is 6.45. The molecule has 0 aliphatic carbocycles. The molecule has 4 heteroatoms. The lowest BCUT2D eigenvalue weighted by atomic mass is 10.1. The molecule has 21 heavy (non-hydrogen) atoms. The van der Waals surface area contributed by atoms with Gasteiger partial charge in [0.05, 0.1) is 6.54 Å². The highest BCUT2D eigenvalue weighted by molar-refractivity contribution is 5.97. The highest BCUT2D eigenvalue weighted by Crippen LogP contribution is 2.21. The molecule has 1 heterocycles. The van der Waals surface area contributed by atoms with Gasteiger partial charge >= 0.3 is 5.97 Å². The lowest BCUT2D eigenvalue weighted by Gasteiger charge is -2.26. The number of rotatable bonds is 4. The van der Waals surface area contributed by atoms with Crippen LogP contribution in [-0.2, 0) is 9.53 Å². The molecule has 0 amide bonds. The third-order valence-electron chi connectivity index (χ3n) is 3.48. The smallest absolute Gasteiger partial charge is 0.323 e. The summed E-state index contributed by atoms with van der Waals surface area (Å²) in [4.78, 5) is 26.4. The Labute approximate surface area is 126 Å². The molecule has 0 saturated carbocycles. The Balaban J connectivity index is 1.99. The van der Waals surface area contributed by atoms with Crippen LogP contribution in [-0.4, -0.2) is 41.4 Å². The summed E-state index contributed by atoms with van der Waals surface area (Å²) in [6, 6.07) is 8.90. The first-order chi connectivity index (χ1) is 9.87. The molecular formula is C17H23NO3. The van der Waals surface area contributed by atoms with Gasteiger partial charge in [-0.05, 0) is 40.2 Å². The minimum Gasteiger partial charge on any atom is -0.459 e. The highest BCUT2D eigenvalue weighted by Gasteiger charge is 2.34. The summed E-state index contributed by atoms with van der Waals surface area (Å²) < 4.78 is 5.45. The lowest BCUT2D eigenvalue weighted by molar-refractivity contribution is -0.160. The SMILES string of the molecule is CC(C)(C)OC(=O)[C@@H]1CCCN1CC(=O)c1ccccc1. The van der Waals surface area contributed by atoms with E-state index in [9.17, 15) is 9.59 Å². The van der Waals surface area contributed by atoms with Crippen LogP contribution in [0.25, 0.3) is 0 Å². The predicted molar refractivity (Wildman–Crippen MR) is 81.2 cm³/mol. The average molecular weight is 289 g/mol. The van der Waals surface area contributed by atoms with Gasteiger partial charge in [-0.25, -0.2) is 0 Å². The van der Waals surface area contributed by atoms with Gasteiger partial charge < -0.3 is 4.74 Å². The Morgan fingerprint density at radius 1 is 1.24 bits per heavy atom. The molecule has 0 spiro atoms. The van der Waals surface area contributed by atoms with Gasteiger partial charge in [0.15, 0.2) is 5.78 Å². The summed E-state index contributed by atoms with van der Waals surface area (Å²) in [6.45, 7) is 6.62. The quantitative estimate of drug-likeness (QED) is 0.631. The maximum atomic E-state index is 12.3. The standard InChI is InChI=1S/C17H23NO3/c1-17(2,3)21-16(20)14-10-7-11-18(14)12-15(19)13-8-5-4-6-9-13/h4-6,8-9,14H,7,10-12H2,1-3H3/t14-/m0/s1. The van der Waals surface area contributed by atoms with Crippen molar-refractivity contribution in [3.63, 3.8) is 0 Å². The molecule has 0 bridgehead atoms. The molecule has 4 nitrogen and oxygen atoms in total. The van der Waals surface area contributed by atoms with E-state index in [0.717, 1.165) is 19.4 Å². The van der Waals surface area contributed by atoms with Gasteiger partial charge in [-0.3, -0.25) is 14.5 Å². The van der Waals surface area contributed by atoms with E-state index < -0.39 is 5.60 Å². The van der Waals surface area contributed by atoms with E-state index in [4.69, 9.17) is 4.74 Å². The first kappa shape index (κ1) is 15.7. The van der Waals surface area contributed by atoms with E-state index >= 15 is 0 Å². The van der Waals surface area contributed by atoms with Crippen LogP contribution in [0.3, 0.4) is 0 Å². The van der Waals surface area contributed by atoms with E-state index in [0.29, 0.717) is 5.56 Å². The van der Waals surface area contributed by atoms with E-state index in [2.05, 4.69) is 0 Å². The average Bonchev–Trinajstić information content (AvgIpc) is 2.86. The molecule has 1 fully saturated rings. The van der Waals surface area contributed by atoms with Crippen molar-refractivity contribution in [1.29, 1.82) is 0 Å². The van der Waals surface area contributed by atoms with Gasteiger partial charge in [0.25, 0.3) is 0 Å². The molecule has 1 aliphatic rings. The Morgan fingerprint density at radius 3 is 2.52 bits per heavy atom. The monoisotopic (exact) mass is 289 g/mol. The molecular weight excluding hydrogens is 266 g/mol. The molecule has 114 valence electrons. The highest BCUT2D eigenvalue weighted by atomic mass is 16.6. The Hall–Kier alpha value is -1.68. The number of nitrogens with zero attached hydrogens (tertiary/aromatic N) is 1. The van der Waals surface area contributed by atoms with Crippen LogP contribution in [0, 0.1) is 0 Å². The zero-order chi connectivity index (χ0) is 15.5. The number of esters is 1. The molecule has 1 atom stereocenters. The number of Topliss-reactive ketones (excluding diaryl/α,β-unsaturated/α-hetero) is 1. The van der Waals surface area contributed by atoms with Crippen molar-refractivity contribution in [2.24, 2.45) is 0 Å². The molecule has 0 N–H and O–H groups in total. The number of ether oxygens (including phenoxy) is 1. The number of carbonyl (C=O) groups is 2. The van der Waals surface area contributed by atoms with E-state index in [1.165, 1.54) is 0 Å². The zero-order valence-electron chi connectivity index (χ0n) is 13.0. The van der Waals surface area contributed by atoms with Crippen molar-refractivity contribution in [3.05, 3.63) is 35.9 Å². The van der Waals surface area contributed by atoms with Crippen LogP contribution < -0.4 is 0 Å². The summed E-state index contributed by atoms with van der Waals surface area (Å²) >= 11 is 0. The Kier molecular flexibility index (Phi) is 4.78. The summed E-state index contributed by atoms with van der Waals surface area (Å²) in [7, 11) is 0. The van der Waals surface area contributed by atoms with Crippen LogP contribution in [0.5, 0.6) is 0 Å². The number of hydrogen-bond donors (Lipinski definition) is 0. The Morgan fingerprint density at radius 2 is 1.90 bits per heavy atom. The minimum absolute atomic E-state index is 0.0473. The van der Waals surface area contributed by atoms with Gasteiger partial charge in [0, 0.05) is 5.56 Å². The van der Waals surface area contributed by atoms with E-state index in [-0.39, 0.29) is 24.3 Å². The second-order valence-corrected chi connectivity index (χ2v) is 6.45. The summed E-state index contributed by atoms with van der Waals surface area (Å²) in [5, 5.41) is 0. The van der Waals surface area contributed by atoms with Crippen LogP contribution in [0.15, 0.2) is 30.3 Å². The van der Waals surface area contributed by atoms with E-state index in [1.807, 2.05) is 43.9 Å². The van der Waals surface area contributed by atoms with Crippen molar-refractivity contribution in [3.8, 4) is 0 Å². The minimum atomic E-state index is -0.491. The van der Waals surface area contributed by atoms with Crippen molar-refractivity contribution in [2.45, 2.75) is 45.3 Å². The third-order valence-corrected chi connectivity index (χ3v) is 3.48. The zero-order valence-corrected chi connectivity index (χ0v) is 13.0. The molecule has 0 unspecified atom stereocenters. The summed E-state index contributed by atoms with van der Waals surface area (Å²) in [5.41, 5.74) is 0.196. The predicted octanol–water partition coefficient (Wildman–Crippen LogP) is 2.68. The molecule has 1 aliphatic heterocycles. The summed E-state index contributed by atoms with van der Waals surface area (Å²) in [5.74, 6) is -0.174. The lowest BCUT2D eigenvalue weighted by Crippen LogP contribution is -2.42. The fourth-order valence-electron chi connectivity index (χ4n) is 2.55. The summed E-state index contributed by atoms with van der Waals surface area (Å²) in [6.07, 6.45) is 1.68. The van der Waals surface area contributed by atoms with Gasteiger partial charge in [-0.1, -0.05) is 30.3 Å². The maximum absolute atomic E-state index is 12.3. The van der Waals surface area contributed by atoms with E-state index in [1.54, 1.807) is 12.1 Å². The number of likely N-dealkylation sites (tertiary alicyclic amines) is 1. The fraction of sp³-hybridized carbons (Fsp3) is 0.529. The maximum Gasteiger partial charge on any atom is 0.323 e. The molecule has 0 radical (unpaired) electrons. The van der Waals surface area contributed by atoms with Gasteiger partial charge in [-0.2, -0.15) is 0 Å². The van der Waals surface area contributed by atoms with Gasteiger partial charge in [-0.15, -0.1) is 0 Å². The van der Waals surface area contributed by atoms with Crippen molar-refractivity contribution >= 4 is 11.8 Å². The number of benzene rings is 1. The third kappa shape index (κ3) is 4.39. The number of hydrogen-bond acceptors (Lipinski definition) is 4. The van der Waals surface area contributed by atoms with Crippen molar-refractivity contribution in [1.82, 2.24) is 4.90 Å². The fourth-order valence-corrected chi connectivity index (χ4v) is 2.55. The van der Waals surface area contributed by atoms with Crippen LogP contribution in [0.4, 0.5) is 0 Å².